The number of aromatic nitrogens is 12. The summed E-state index contributed by atoms with van der Waals surface area (Å²) in [4.78, 5) is 34.6. The first-order valence-electron chi connectivity index (χ1n) is 34.5. The molecule has 0 saturated carbocycles. The van der Waals surface area contributed by atoms with Gasteiger partial charge in [0.2, 0.25) is 0 Å². The molecule has 14 nitrogen and oxygen atoms in total. The van der Waals surface area contributed by atoms with Gasteiger partial charge in [-0.1, -0.05) is 173 Å². The van der Waals surface area contributed by atoms with Gasteiger partial charge in [-0.3, -0.25) is 19.9 Å². The Morgan fingerprint density at radius 3 is 1.12 bits per heavy atom. The Morgan fingerprint density at radius 2 is 0.907 bits per heavy atom. The van der Waals surface area contributed by atoms with Crippen molar-refractivity contribution in [2.75, 3.05) is 0 Å². The second kappa shape index (κ2) is 73.3. The van der Waals surface area contributed by atoms with E-state index in [0.29, 0.717) is 0 Å². The van der Waals surface area contributed by atoms with Gasteiger partial charge in [0, 0.05) is 84.7 Å². The maximum absolute atomic E-state index is 5.10. The fourth-order valence-corrected chi connectivity index (χ4v) is 7.51. The number of aryl methyl sites for hydroxylation is 13. The van der Waals surface area contributed by atoms with Crippen LogP contribution in [0.15, 0.2) is 185 Å². The van der Waals surface area contributed by atoms with Crippen molar-refractivity contribution in [1.82, 2.24) is 59.2 Å². The molecule has 11 heterocycles. The monoisotopic (exact) mass is 1370 g/mol. The van der Waals surface area contributed by atoms with Crippen LogP contribution >= 0.6 is 22.7 Å². The SMILES string of the molecule is CC.CC.CC.CC.CC.CC.CC.CC.CC.Cc1ccc[nH]1.Cc1ccco1.Cc1cccs1.Cc1nc(C)c(C)o1.Cc1nc(C)c(C)s1.Cc1nc(C)n(C)c1C.Cc1nnc(C)n1C.c1ccc(-c2ccccn2)nc1.c1ccc2ncccc2c1.c1ccncc1. The summed E-state index contributed by atoms with van der Waals surface area (Å²) >= 11 is 3.54. The molecule has 0 atom stereocenters. The number of fused-ring (bicyclic) bond motifs is 1. The zero-order valence-corrected chi connectivity index (χ0v) is 68.4. The fraction of sp³-hybridized carbons (Fsp3) is 0.420. The number of aromatic amines is 1. The number of thiophene rings is 1. The van der Waals surface area contributed by atoms with Crippen molar-refractivity contribution in [3.63, 3.8) is 0 Å². The maximum Gasteiger partial charge on any atom is 0.191 e. The number of hydrogen-bond acceptors (Lipinski definition) is 13. The molecule has 540 valence electrons. The van der Waals surface area contributed by atoms with E-state index in [1.807, 2.05) is 335 Å². The normalized spacial score (nSPS) is 8.31. The highest BCUT2D eigenvalue weighted by molar-refractivity contribution is 7.11. The molecule has 1 N–H and O–H groups in total. The van der Waals surface area contributed by atoms with E-state index in [1.54, 1.807) is 53.7 Å². The van der Waals surface area contributed by atoms with Crippen LogP contribution in [0.3, 0.4) is 0 Å². The highest BCUT2D eigenvalue weighted by Gasteiger charge is 2.01. The lowest BCUT2D eigenvalue weighted by Gasteiger charge is -1.96. The van der Waals surface area contributed by atoms with E-state index in [9.17, 15) is 0 Å². The van der Waals surface area contributed by atoms with Gasteiger partial charge >= 0.3 is 0 Å². The first-order chi connectivity index (χ1) is 46.9. The van der Waals surface area contributed by atoms with Crippen molar-refractivity contribution < 1.29 is 8.83 Å². The van der Waals surface area contributed by atoms with Crippen LogP contribution in [0, 0.1) is 96.9 Å². The fourth-order valence-electron chi connectivity index (χ4n) is 6.16. The van der Waals surface area contributed by atoms with Gasteiger partial charge < -0.3 is 23.0 Å². The molecule has 0 bridgehead atoms. The zero-order chi connectivity index (χ0) is 76.0. The molecule has 0 unspecified atom stereocenters. The molecule has 16 heteroatoms. The number of rotatable bonds is 1. The number of para-hydroxylation sites is 1. The Balaban J connectivity index is -0.000000182. The van der Waals surface area contributed by atoms with Crippen molar-refractivity contribution in [2.45, 2.75) is 222 Å². The first kappa shape index (κ1) is 102. The molecular formula is C81H132N12O2S2. The Kier molecular flexibility index (Phi) is 77.2. The van der Waals surface area contributed by atoms with Crippen LogP contribution in [0.1, 0.15) is 203 Å². The summed E-state index contributed by atoms with van der Waals surface area (Å²) in [6.07, 6.45) is 12.4. The highest BCUT2D eigenvalue weighted by atomic mass is 32.1. The quantitative estimate of drug-likeness (QED) is 0.166. The summed E-state index contributed by atoms with van der Waals surface area (Å²) in [5, 5.41) is 12.1. The number of pyridine rings is 4. The second-order valence-electron chi connectivity index (χ2n) is 17.4. The van der Waals surface area contributed by atoms with Gasteiger partial charge in [0.1, 0.15) is 29.0 Å². The van der Waals surface area contributed by atoms with Gasteiger partial charge in [-0.25, -0.2) is 15.0 Å². The third kappa shape index (κ3) is 53.4. The maximum atomic E-state index is 5.10. The molecule has 11 aromatic heterocycles. The minimum absolute atomic E-state index is 0.750. The largest absolute Gasteiger partial charge is 0.470 e. The first-order valence-corrected chi connectivity index (χ1v) is 36.2. The Hall–Kier alpha value is -8.47. The van der Waals surface area contributed by atoms with Crippen molar-refractivity contribution in [3.05, 3.63) is 254 Å². The van der Waals surface area contributed by atoms with Crippen molar-refractivity contribution in [1.29, 1.82) is 0 Å². The van der Waals surface area contributed by atoms with E-state index in [-0.39, 0.29) is 0 Å². The van der Waals surface area contributed by atoms with E-state index in [1.165, 1.54) is 37.2 Å². The molecule has 0 aliphatic heterocycles. The summed E-state index contributed by atoms with van der Waals surface area (Å²) in [5.41, 5.74) is 8.66. The molecule has 1 aromatic carbocycles. The van der Waals surface area contributed by atoms with Crippen molar-refractivity contribution >= 4 is 33.6 Å². The number of hydrogen-bond donors (Lipinski definition) is 1. The van der Waals surface area contributed by atoms with Gasteiger partial charge in [0.25, 0.3) is 0 Å². The van der Waals surface area contributed by atoms with Crippen molar-refractivity contribution in [2.24, 2.45) is 14.1 Å². The average Bonchev–Trinajstić information content (AvgIpc) is 2.01. The predicted octanol–water partition coefficient (Wildman–Crippen LogP) is 25.1. The van der Waals surface area contributed by atoms with Gasteiger partial charge in [-0.15, -0.1) is 32.9 Å². The van der Waals surface area contributed by atoms with Gasteiger partial charge in [-0.05, 0) is 174 Å². The number of imidazole rings is 1. The van der Waals surface area contributed by atoms with E-state index in [0.717, 1.165) is 63.2 Å². The lowest BCUT2D eigenvalue weighted by molar-refractivity contribution is 0.493. The topological polar surface area (TPSA) is 168 Å². The molecule has 12 rings (SSSR count). The molecule has 0 aliphatic rings. The molecular weight excluding hydrogens is 1240 g/mol. The third-order valence-electron chi connectivity index (χ3n) is 11.2. The van der Waals surface area contributed by atoms with E-state index < -0.39 is 0 Å². The standard InChI is InChI=1S/C10H8N2.C9H7N.C7H12N2.C6H9NO.C6H9NS.C5H9N3.C5H7N.C5H5N.C5H6O.C5H6S.9C2H6/c1-3-7-11-9(5-1)10-6-2-4-8-12-10;1-2-6-9-8(4-1)5-3-7-10-9;1-5-6(2)9(4)7(3)8-5;2*1-4-5(2)8-6(3)7-4;1-4-6-7-5(2)8(4)3;1-5-3-2-4-6-5;1-2-4-6-5-3-1;2*1-5-3-2-4-6-5;9*1-2/h1-8H;1-7H;1-4H3;3*1-3H3;2-4,6H,1H3;1-5H;2*2-4H,1H3;9*1-2H3. The molecule has 0 radical (unpaired) electrons. The number of furan rings is 1. The molecule has 0 aliphatic carbocycles. The zero-order valence-electron chi connectivity index (χ0n) is 66.8. The van der Waals surface area contributed by atoms with E-state index in [2.05, 4.69) is 105 Å². The number of oxazole rings is 1. The summed E-state index contributed by atoms with van der Waals surface area (Å²) in [6.45, 7) is 63.9. The minimum Gasteiger partial charge on any atom is -0.470 e. The van der Waals surface area contributed by atoms with Crippen LogP contribution in [0.4, 0.5) is 0 Å². The van der Waals surface area contributed by atoms with Crippen LogP contribution in [0.5, 0.6) is 0 Å². The third-order valence-corrected chi connectivity index (χ3v) is 13.0. The van der Waals surface area contributed by atoms with Gasteiger partial charge in [-0.2, -0.15) is 0 Å². The van der Waals surface area contributed by atoms with Crippen molar-refractivity contribution in [3.8, 4) is 11.4 Å². The highest BCUT2D eigenvalue weighted by Crippen LogP contribution is 2.15. The Morgan fingerprint density at radius 1 is 0.412 bits per heavy atom. The summed E-state index contributed by atoms with van der Waals surface area (Å²) in [7, 11) is 3.98. The van der Waals surface area contributed by atoms with Crippen LogP contribution in [-0.2, 0) is 14.1 Å². The molecule has 0 saturated heterocycles. The molecule has 0 amide bonds. The second-order valence-corrected chi connectivity index (χ2v) is 20.0. The molecule has 12 aromatic rings. The average molecular weight is 1370 g/mol. The van der Waals surface area contributed by atoms with E-state index >= 15 is 0 Å². The lowest BCUT2D eigenvalue weighted by atomic mass is 10.2. The van der Waals surface area contributed by atoms with Gasteiger partial charge in [0.05, 0.1) is 45.3 Å². The molecule has 0 spiro atoms. The number of H-pyrrole nitrogens is 1. The lowest BCUT2D eigenvalue weighted by Crippen LogP contribution is -1.92. The molecule has 97 heavy (non-hydrogen) atoms. The Bertz CT molecular complexity index is 3080. The number of nitrogens with one attached hydrogen (secondary N) is 1. The molecule has 0 fully saturated rings. The smallest absolute Gasteiger partial charge is 0.191 e. The summed E-state index contributed by atoms with van der Waals surface area (Å²) in [5.74, 6) is 5.65. The summed E-state index contributed by atoms with van der Waals surface area (Å²) < 4.78 is 14.0. The van der Waals surface area contributed by atoms with E-state index in [4.69, 9.17) is 8.83 Å². The van der Waals surface area contributed by atoms with Gasteiger partial charge in [0.15, 0.2) is 5.89 Å². The minimum atomic E-state index is 0.750. The summed E-state index contributed by atoms with van der Waals surface area (Å²) in [6, 6.07) is 41.3. The predicted molar refractivity (Wildman–Crippen MR) is 429 cm³/mol. The van der Waals surface area contributed by atoms with Crippen LogP contribution in [0.25, 0.3) is 22.3 Å². The number of benzene rings is 1. The van der Waals surface area contributed by atoms with Crippen LogP contribution < -0.4 is 0 Å². The van der Waals surface area contributed by atoms with Crippen LogP contribution in [-0.4, -0.2) is 59.2 Å². The van der Waals surface area contributed by atoms with Crippen LogP contribution in [0.2, 0.25) is 0 Å². The number of thiazole rings is 1. The Labute approximate surface area is 599 Å². The number of nitrogens with zero attached hydrogens (tertiary/aromatic N) is 11.